The monoisotopic (exact) mass is 462 g/mol. The van der Waals surface area contributed by atoms with Crippen LogP contribution in [0.25, 0.3) is 5.69 Å². The molecule has 1 unspecified atom stereocenters. The molecule has 168 valence electrons. The SMILES string of the molecule is COc1cccc(OC(C)c2nnc(SCc3ccc([N+](=O)[O-])cc3)n2-c2ccccc2)c1. The van der Waals surface area contributed by atoms with E-state index in [0.717, 1.165) is 11.3 Å². The van der Waals surface area contributed by atoms with Crippen molar-refractivity contribution in [2.24, 2.45) is 0 Å². The summed E-state index contributed by atoms with van der Waals surface area (Å²) < 4.78 is 13.4. The average molecular weight is 463 g/mol. The smallest absolute Gasteiger partial charge is 0.269 e. The van der Waals surface area contributed by atoms with Gasteiger partial charge in [0.1, 0.15) is 11.5 Å². The zero-order valence-corrected chi connectivity index (χ0v) is 18.9. The minimum atomic E-state index is -0.404. The molecule has 4 aromatic rings. The Kier molecular flexibility index (Phi) is 6.89. The molecule has 33 heavy (non-hydrogen) atoms. The van der Waals surface area contributed by atoms with Crippen LogP contribution in [0.1, 0.15) is 24.4 Å². The molecule has 0 aliphatic rings. The van der Waals surface area contributed by atoms with E-state index in [1.807, 2.05) is 66.1 Å². The third-order valence-corrected chi connectivity index (χ3v) is 5.91. The highest BCUT2D eigenvalue weighted by molar-refractivity contribution is 7.98. The summed E-state index contributed by atoms with van der Waals surface area (Å²) in [4.78, 5) is 10.5. The first-order valence-electron chi connectivity index (χ1n) is 10.2. The summed E-state index contributed by atoms with van der Waals surface area (Å²) in [7, 11) is 1.61. The molecule has 1 atom stereocenters. The summed E-state index contributed by atoms with van der Waals surface area (Å²) in [5.74, 6) is 2.64. The first-order chi connectivity index (χ1) is 16.0. The van der Waals surface area contributed by atoms with Gasteiger partial charge in [0, 0.05) is 29.6 Å². The molecule has 0 amide bonds. The second-order valence-corrected chi connectivity index (χ2v) is 8.11. The third kappa shape index (κ3) is 5.32. The first-order valence-corrected chi connectivity index (χ1v) is 11.2. The van der Waals surface area contributed by atoms with Gasteiger partial charge in [-0.15, -0.1) is 10.2 Å². The Balaban J connectivity index is 1.59. The number of nitro groups is 1. The van der Waals surface area contributed by atoms with E-state index in [2.05, 4.69) is 10.2 Å². The fourth-order valence-electron chi connectivity index (χ4n) is 3.25. The fourth-order valence-corrected chi connectivity index (χ4v) is 4.17. The molecule has 0 bridgehead atoms. The predicted molar refractivity (Wildman–Crippen MR) is 126 cm³/mol. The van der Waals surface area contributed by atoms with Crippen molar-refractivity contribution >= 4 is 17.4 Å². The van der Waals surface area contributed by atoms with Crippen molar-refractivity contribution in [2.45, 2.75) is 23.9 Å². The van der Waals surface area contributed by atoms with E-state index >= 15 is 0 Å². The number of non-ortho nitro benzene ring substituents is 1. The van der Waals surface area contributed by atoms with Crippen molar-refractivity contribution in [1.82, 2.24) is 14.8 Å². The van der Waals surface area contributed by atoms with E-state index in [0.29, 0.717) is 28.2 Å². The molecule has 0 spiro atoms. The van der Waals surface area contributed by atoms with Crippen LogP contribution < -0.4 is 9.47 Å². The number of ether oxygens (including phenoxy) is 2. The molecule has 4 rings (SSSR count). The molecule has 0 fully saturated rings. The highest BCUT2D eigenvalue weighted by atomic mass is 32.2. The quantitative estimate of drug-likeness (QED) is 0.181. The van der Waals surface area contributed by atoms with Crippen LogP contribution in [0, 0.1) is 10.1 Å². The third-order valence-electron chi connectivity index (χ3n) is 4.91. The average Bonchev–Trinajstić information content (AvgIpc) is 3.28. The molecular weight excluding hydrogens is 440 g/mol. The molecular formula is C24H22N4O4S. The molecule has 8 nitrogen and oxygen atoms in total. The minimum absolute atomic E-state index is 0.0713. The van der Waals surface area contributed by atoms with Gasteiger partial charge in [-0.05, 0) is 36.8 Å². The summed E-state index contributed by atoms with van der Waals surface area (Å²) in [5, 5.41) is 20.4. The van der Waals surface area contributed by atoms with Gasteiger partial charge in [0.25, 0.3) is 5.69 Å². The number of nitrogens with zero attached hydrogens (tertiary/aromatic N) is 4. The summed E-state index contributed by atoms with van der Waals surface area (Å²) >= 11 is 1.50. The van der Waals surface area contributed by atoms with Crippen molar-refractivity contribution in [3.05, 3.63) is 100 Å². The van der Waals surface area contributed by atoms with Crippen LogP contribution in [0.2, 0.25) is 0 Å². The number of aromatic nitrogens is 3. The van der Waals surface area contributed by atoms with Crippen molar-refractivity contribution < 1.29 is 14.4 Å². The van der Waals surface area contributed by atoms with Crippen LogP contribution in [-0.4, -0.2) is 26.8 Å². The fraction of sp³-hybridized carbons (Fsp3) is 0.167. The van der Waals surface area contributed by atoms with Gasteiger partial charge in [-0.2, -0.15) is 0 Å². The molecule has 0 saturated heterocycles. The van der Waals surface area contributed by atoms with Gasteiger partial charge in [-0.1, -0.05) is 48.2 Å². The normalized spacial score (nSPS) is 11.7. The van der Waals surface area contributed by atoms with Gasteiger partial charge in [0.05, 0.1) is 12.0 Å². The summed E-state index contributed by atoms with van der Waals surface area (Å²) in [5.41, 5.74) is 1.95. The molecule has 1 heterocycles. The highest BCUT2D eigenvalue weighted by Crippen LogP contribution is 2.30. The first kappa shape index (κ1) is 22.3. The lowest BCUT2D eigenvalue weighted by molar-refractivity contribution is -0.384. The topological polar surface area (TPSA) is 92.3 Å². The van der Waals surface area contributed by atoms with Gasteiger partial charge in [-0.3, -0.25) is 14.7 Å². The number of para-hydroxylation sites is 1. The summed E-state index contributed by atoms with van der Waals surface area (Å²) in [6.07, 6.45) is -0.376. The Bertz CT molecular complexity index is 1230. The van der Waals surface area contributed by atoms with E-state index in [9.17, 15) is 10.1 Å². The lowest BCUT2D eigenvalue weighted by Gasteiger charge is -2.17. The number of hydrogen-bond donors (Lipinski definition) is 0. The minimum Gasteiger partial charge on any atom is -0.497 e. The number of hydrogen-bond acceptors (Lipinski definition) is 7. The van der Waals surface area contributed by atoms with Crippen molar-refractivity contribution in [3.8, 4) is 17.2 Å². The molecule has 0 aliphatic carbocycles. The predicted octanol–water partition coefficient (Wildman–Crippen LogP) is 5.62. The van der Waals surface area contributed by atoms with Crippen LogP contribution in [0.4, 0.5) is 5.69 Å². The Morgan fingerprint density at radius 3 is 2.42 bits per heavy atom. The van der Waals surface area contributed by atoms with E-state index < -0.39 is 4.92 Å². The summed E-state index contributed by atoms with van der Waals surface area (Å²) in [6, 6.07) is 23.8. The van der Waals surface area contributed by atoms with Crippen LogP contribution in [0.3, 0.4) is 0 Å². The standard InChI is InChI=1S/C24H22N4O4S/c1-17(32-22-10-6-9-21(15-22)31-2)23-25-26-24(27(23)19-7-4-3-5-8-19)33-16-18-11-13-20(14-12-18)28(29)30/h3-15,17H,16H2,1-2H3. The van der Waals surface area contributed by atoms with Crippen molar-refractivity contribution in [3.63, 3.8) is 0 Å². The highest BCUT2D eigenvalue weighted by Gasteiger charge is 2.21. The Hall–Kier alpha value is -3.85. The Morgan fingerprint density at radius 2 is 1.73 bits per heavy atom. The Morgan fingerprint density at radius 1 is 1.00 bits per heavy atom. The zero-order valence-electron chi connectivity index (χ0n) is 18.1. The van der Waals surface area contributed by atoms with Gasteiger partial charge in [0.2, 0.25) is 0 Å². The number of thioether (sulfide) groups is 1. The van der Waals surface area contributed by atoms with E-state index in [1.54, 1.807) is 19.2 Å². The van der Waals surface area contributed by atoms with E-state index in [-0.39, 0.29) is 11.8 Å². The van der Waals surface area contributed by atoms with Gasteiger partial charge in [0.15, 0.2) is 17.1 Å². The van der Waals surface area contributed by atoms with Crippen LogP contribution >= 0.6 is 11.8 Å². The van der Waals surface area contributed by atoms with E-state index in [1.165, 1.54) is 23.9 Å². The maximum Gasteiger partial charge on any atom is 0.269 e. The van der Waals surface area contributed by atoms with Gasteiger partial charge < -0.3 is 9.47 Å². The molecule has 1 aromatic heterocycles. The lowest BCUT2D eigenvalue weighted by atomic mass is 10.2. The molecule has 0 saturated carbocycles. The van der Waals surface area contributed by atoms with E-state index in [4.69, 9.17) is 9.47 Å². The van der Waals surface area contributed by atoms with Crippen molar-refractivity contribution in [1.29, 1.82) is 0 Å². The number of benzene rings is 3. The molecule has 0 N–H and O–H groups in total. The van der Waals surface area contributed by atoms with Crippen LogP contribution in [0.5, 0.6) is 11.5 Å². The largest absolute Gasteiger partial charge is 0.497 e. The van der Waals surface area contributed by atoms with Gasteiger partial charge in [-0.25, -0.2) is 0 Å². The maximum absolute atomic E-state index is 10.9. The number of rotatable bonds is 9. The van der Waals surface area contributed by atoms with Crippen LogP contribution in [-0.2, 0) is 5.75 Å². The second kappa shape index (κ2) is 10.2. The van der Waals surface area contributed by atoms with Gasteiger partial charge >= 0.3 is 0 Å². The maximum atomic E-state index is 10.9. The van der Waals surface area contributed by atoms with Crippen LogP contribution in [0.15, 0.2) is 84.0 Å². The summed E-state index contributed by atoms with van der Waals surface area (Å²) in [6.45, 7) is 1.92. The molecule has 0 radical (unpaired) electrons. The number of methoxy groups -OCH3 is 1. The lowest BCUT2D eigenvalue weighted by Crippen LogP contribution is -2.11. The number of nitro benzene ring substituents is 1. The molecule has 3 aromatic carbocycles. The zero-order chi connectivity index (χ0) is 23.2. The molecule has 9 heteroatoms. The molecule has 0 aliphatic heterocycles. The second-order valence-electron chi connectivity index (χ2n) is 7.16. The Labute approximate surface area is 195 Å². The van der Waals surface area contributed by atoms with Crippen molar-refractivity contribution in [2.75, 3.05) is 7.11 Å².